The van der Waals surface area contributed by atoms with Crippen molar-refractivity contribution in [3.05, 3.63) is 74.9 Å². The lowest BCUT2D eigenvalue weighted by Crippen LogP contribution is -2.16. The van der Waals surface area contributed by atoms with E-state index in [4.69, 9.17) is 27.9 Å². The standard InChI is InChI=1S/C17H12BrCl2N3O3S/c18-15-9-21-16(17(22-15)26-10-11-4-2-1-3-5-11)23-27(24,25)14-8-12(19)6-7-13(14)20/h1-9H,10H2,(H,21,23). The SMILES string of the molecule is O=S(=O)(Nc1ncc(Br)nc1OCc1ccccc1)c1cc(Cl)ccc1Cl. The number of nitrogens with one attached hydrogen (secondary N) is 1. The zero-order chi connectivity index (χ0) is 19.4. The van der Waals surface area contributed by atoms with Gasteiger partial charge in [-0.2, -0.15) is 0 Å². The van der Waals surface area contributed by atoms with Crippen LogP contribution in [0.3, 0.4) is 0 Å². The lowest BCUT2D eigenvalue weighted by molar-refractivity contribution is 0.294. The highest BCUT2D eigenvalue weighted by Crippen LogP contribution is 2.29. The molecule has 0 saturated heterocycles. The summed E-state index contributed by atoms with van der Waals surface area (Å²) >= 11 is 15.1. The van der Waals surface area contributed by atoms with E-state index in [0.29, 0.717) is 4.60 Å². The molecule has 0 bridgehead atoms. The van der Waals surface area contributed by atoms with E-state index in [9.17, 15) is 8.42 Å². The maximum atomic E-state index is 12.7. The summed E-state index contributed by atoms with van der Waals surface area (Å²) in [6.07, 6.45) is 1.35. The molecule has 27 heavy (non-hydrogen) atoms. The Balaban J connectivity index is 1.89. The van der Waals surface area contributed by atoms with Gasteiger partial charge < -0.3 is 4.74 Å². The van der Waals surface area contributed by atoms with Gasteiger partial charge in [0.15, 0.2) is 0 Å². The van der Waals surface area contributed by atoms with Crippen molar-refractivity contribution in [3.8, 4) is 5.88 Å². The van der Waals surface area contributed by atoms with Gasteiger partial charge in [-0.15, -0.1) is 0 Å². The topological polar surface area (TPSA) is 81.2 Å². The van der Waals surface area contributed by atoms with Crippen LogP contribution in [0.5, 0.6) is 5.88 Å². The van der Waals surface area contributed by atoms with Crippen molar-refractivity contribution < 1.29 is 13.2 Å². The van der Waals surface area contributed by atoms with Crippen molar-refractivity contribution in [2.75, 3.05) is 4.72 Å². The molecule has 0 spiro atoms. The Bertz CT molecular complexity index is 1070. The molecular weight excluding hydrogens is 477 g/mol. The van der Waals surface area contributed by atoms with Gasteiger partial charge in [-0.05, 0) is 39.7 Å². The van der Waals surface area contributed by atoms with Gasteiger partial charge in [0, 0.05) is 5.02 Å². The van der Waals surface area contributed by atoms with Gasteiger partial charge in [-0.25, -0.2) is 18.4 Å². The highest BCUT2D eigenvalue weighted by molar-refractivity contribution is 9.10. The average molecular weight is 489 g/mol. The van der Waals surface area contributed by atoms with E-state index in [2.05, 4.69) is 30.6 Å². The molecular formula is C17H12BrCl2N3O3S. The van der Waals surface area contributed by atoms with Gasteiger partial charge in [0.2, 0.25) is 5.82 Å². The minimum absolute atomic E-state index is 0.0231. The van der Waals surface area contributed by atoms with E-state index in [0.717, 1.165) is 5.56 Å². The number of hydrogen-bond donors (Lipinski definition) is 1. The Morgan fingerprint density at radius 2 is 1.85 bits per heavy atom. The van der Waals surface area contributed by atoms with Gasteiger partial charge in [-0.3, -0.25) is 4.72 Å². The highest BCUT2D eigenvalue weighted by Gasteiger charge is 2.22. The van der Waals surface area contributed by atoms with E-state index in [-0.39, 0.29) is 33.2 Å². The molecule has 0 aliphatic rings. The van der Waals surface area contributed by atoms with Crippen LogP contribution in [0.1, 0.15) is 5.56 Å². The third-order valence-electron chi connectivity index (χ3n) is 3.34. The Labute approximate surface area is 174 Å². The van der Waals surface area contributed by atoms with Crippen LogP contribution in [-0.4, -0.2) is 18.4 Å². The number of nitrogens with zero attached hydrogens (tertiary/aromatic N) is 2. The van der Waals surface area contributed by atoms with Crippen LogP contribution in [0.15, 0.2) is 64.2 Å². The first kappa shape index (κ1) is 19.9. The number of rotatable bonds is 6. The predicted molar refractivity (Wildman–Crippen MR) is 108 cm³/mol. The molecule has 3 aromatic rings. The van der Waals surface area contributed by atoms with E-state index >= 15 is 0 Å². The third-order valence-corrected chi connectivity index (χ3v) is 5.78. The van der Waals surface area contributed by atoms with Gasteiger partial charge in [0.05, 0.1) is 11.2 Å². The summed E-state index contributed by atoms with van der Waals surface area (Å²) in [5.74, 6) is -0.0415. The van der Waals surface area contributed by atoms with Crippen LogP contribution in [0.2, 0.25) is 10.0 Å². The van der Waals surface area contributed by atoms with E-state index in [1.165, 1.54) is 24.4 Å². The number of sulfonamides is 1. The smallest absolute Gasteiger partial charge is 0.264 e. The summed E-state index contributed by atoms with van der Waals surface area (Å²) in [5, 5.41) is 0.269. The summed E-state index contributed by atoms with van der Waals surface area (Å²) in [6.45, 7) is 0.193. The Morgan fingerprint density at radius 1 is 1.11 bits per heavy atom. The molecule has 0 unspecified atom stereocenters. The van der Waals surface area contributed by atoms with Crippen molar-refractivity contribution in [1.82, 2.24) is 9.97 Å². The highest BCUT2D eigenvalue weighted by atomic mass is 79.9. The van der Waals surface area contributed by atoms with Crippen LogP contribution in [-0.2, 0) is 16.6 Å². The summed E-state index contributed by atoms with van der Waals surface area (Å²) in [4.78, 5) is 8.03. The van der Waals surface area contributed by atoms with Gasteiger partial charge in [-0.1, -0.05) is 53.5 Å². The zero-order valence-electron chi connectivity index (χ0n) is 13.6. The number of anilines is 1. The van der Waals surface area contributed by atoms with Crippen molar-refractivity contribution in [2.24, 2.45) is 0 Å². The summed E-state index contributed by atoms with van der Waals surface area (Å²) in [5.41, 5.74) is 0.894. The van der Waals surface area contributed by atoms with Crippen molar-refractivity contribution in [3.63, 3.8) is 0 Å². The maximum Gasteiger partial charge on any atom is 0.264 e. The van der Waals surface area contributed by atoms with Crippen LogP contribution in [0, 0.1) is 0 Å². The molecule has 0 saturated carbocycles. The van der Waals surface area contributed by atoms with Crippen molar-refractivity contribution in [1.29, 1.82) is 0 Å². The molecule has 0 amide bonds. The molecule has 1 heterocycles. The molecule has 1 N–H and O–H groups in total. The number of halogens is 3. The average Bonchev–Trinajstić information content (AvgIpc) is 2.64. The van der Waals surface area contributed by atoms with Gasteiger partial charge >= 0.3 is 0 Å². The Morgan fingerprint density at radius 3 is 2.59 bits per heavy atom. The van der Waals surface area contributed by atoms with E-state index in [1.54, 1.807) is 0 Å². The fraction of sp³-hybridized carbons (Fsp3) is 0.0588. The molecule has 10 heteroatoms. The lowest BCUT2D eigenvalue weighted by atomic mass is 10.2. The maximum absolute atomic E-state index is 12.7. The van der Waals surface area contributed by atoms with Crippen LogP contribution in [0.25, 0.3) is 0 Å². The Hall–Kier alpha value is -1.87. The van der Waals surface area contributed by atoms with Crippen LogP contribution in [0.4, 0.5) is 5.82 Å². The largest absolute Gasteiger partial charge is 0.470 e. The molecule has 0 aliphatic carbocycles. The van der Waals surface area contributed by atoms with Crippen LogP contribution >= 0.6 is 39.1 Å². The lowest BCUT2D eigenvalue weighted by Gasteiger charge is -2.13. The molecule has 1 aromatic heterocycles. The van der Waals surface area contributed by atoms with Crippen molar-refractivity contribution in [2.45, 2.75) is 11.5 Å². The molecule has 0 atom stereocenters. The van der Waals surface area contributed by atoms with Crippen molar-refractivity contribution >= 4 is 55.0 Å². The predicted octanol–water partition coefficient (Wildman–Crippen LogP) is 4.93. The summed E-state index contributed by atoms with van der Waals surface area (Å²) in [7, 11) is -4.05. The first-order valence-corrected chi connectivity index (χ1v) is 10.6. The van der Waals surface area contributed by atoms with E-state index < -0.39 is 10.0 Å². The molecule has 6 nitrogen and oxygen atoms in total. The quantitative estimate of drug-likeness (QED) is 0.532. The first-order chi connectivity index (χ1) is 12.8. The summed E-state index contributed by atoms with van der Waals surface area (Å²) < 4.78 is 33.8. The fourth-order valence-corrected chi connectivity index (χ4v) is 4.15. The summed E-state index contributed by atoms with van der Waals surface area (Å²) in [6, 6.07) is 13.5. The molecule has 140 valence electrons. The number of benzene rings is 2. The second-order valence-corrected chi connectivity index (χ2v) is 8.61. The second-order valence-electron chi connectivity index (χ2n) is 5.30. The molecule has 0 aliphatic heterocycles. The normalized spacial score (nSPS) is 11.2. The number of hydrogen-bond acceptors (Lipinski definition) is 5. The second kappa shape index (κ2) is 8.43. The first-order valence-electron chi connectivity index (χ1n) is 7.52. The molecule has 2 aromatic carbocycles. The number of ether oxygens (including phenoxy) is 1. The molecule has 3 rings (SSSR count). The zero-order valence-corrected chi connectivity index (χ0v) is 17.5. The Kier molecular flexibility index (Phi) is 6.21. The van der Waals surface area contributed by atoms with E-state index in [1.807, 2.05) is 30.3 Å². The monoisotopic (exact) mass is 487 g/mol. The molecule has 0 radical (unpaired) electrons. The van der Waals surface area contributed by atoms with Crippen LogP contribution < -0.4 is 9.46 Å². The van der Waals surface area contributed by atoms with Gasteiger partial charge in [0.1, 0.15) is 16.1 Å². The minimum atomic E-state index is -4.05. The number of aromatic nitrogens is 2. The third kappa shape index (κ3) is 5.10. The fourth-order valence-electron chi connectivity index (χ4n) is 2.11. The molecule has 0 fully saturated rings. The van der Waals surface area contributed by atoms with Gasteiger partial charge in [0.25, 0.3) is 15.9 Å². The minimum Gasteiger partial charge on any atom is -0.470 e.